The van der Waals surface area contributed by atoms with Crippen LogP contribution in [0.2, 0.25) is 0 Å². The fraction of sp³-hybridized carbons (Fsp3) is 0.872. The van der Waals surface area contributed by atoms with Crippen molar-refractivity contribution < 1.29 is 38.6 Å². The summed E-state index contributed by atoms with van der Waals surface area (Å²) in [5.41, 5.74) is 0. The molecule has 2 N–H and O–H groups in total. The number of hydrogen-bond acceptors (Lipinski definition) is 9. The molecule has 1 heterocycles. The molecule has 0 aromatic carbocycles. The number of hydrogen-bond donors (Lipinski definition) is 2. The Kier molecular flexibility index (Phi) is 19.5. The number of likely N-dealkylation sites (tertiary alicyclic amines) is 1. The molecule has 1 aliphatic rings. The van der Waals surface area contributed by atoms with Gasteiger partial charge in [-0.05, 0) is 51.6 Å². The third-order valence-corrected chi connectivity index (χ3v) is 11.0. The number of carbonyl (C=O) groups excluding carboxylic acids is 5. The lowest BCUT2D eigenvalue weighted by Gasteiger charge is -2.41. The Morgan fingerprint density at radius 2 is 1.47 bits per heavy atom. The van der Waals surface area contributed by atoms with Gasteiger partial charge in [-0.15, -0.1) is 0 Å². The number of aliphatic hydroxyl groups is 1. The lowest BCUT2D eigenvalue weighted by molar-refractivity contribution is -0.149. The SMILES string of the molecule is CC[C@H](C)[C@@H]([C@@H](CC(=O)N1CCC[C@H]1[C@H](OC)[C@@H](C)C(=O)N[C@H](C(=O)C(C)C)C(C)O)OC)N(C)C(=O)[C@@H](CC(=O)[C@H](C(C)C)N(C)C)C(C)C. The van der Waals surface area contributed by atoms with Gasteiger partial charge in [0.2, 0.25) is 17.7 Å². The Balaban J connectivity index is 3.30. The third kappa shape index (κ3) is 12.3. The van der Waals surface area contributed by atoms with E-state index in [-0.39, 0.29) is 65.9 Å². The topological polar surface area (TPSA) is 146 Å². The highest BCUT2D eigenvalue weighted by Gasteiger charge is 2.43. The Morgan fingerprint density at radius 3 is 1.90 bits per heavy atom. The van der Waals surface area contributed by atoms with E-state index in [2.05, 4.69) is 5.32 Å². The van der Waals surface area contributed by atoms with E-state index in [4.69, 9.17) is 9.47 Å². The quantitative estimate of drug-likeness (QED) is 0.170. The Bertz CT molecular complexity index is 1130. The van der Waals surface area contributed by atoms with Crippen molar-refractivity contribution in [2.24, 2.45) is 35.5 Å². The van der Waals surface area contributed by atoms with Gasteiger partial charge in [0, 0.05) is 46.1 Å². The van der Waals surface area contributed by atoms with Gasteiger partial charge in [-0.3, -0.25) is 28.9 Å². The Hall–Kier alpha value is -2.41. The summed E-state index contributed by atoms with van der Waals surface area (Å²) in [4.78, 5) is 73.4. The van der Waals surface area contributed by atoms with Crippen LogP contribution in [0.25, 0.3) is 0 Å². The molecule has 0 bridgehead atoms. The molecule has 0 spiro atoms. The maximum absolute atomic E-state index is 14.2. The lowest BCUT2D eigenvalue weighted by Crippen LogP contribution is -2.56. The minimum Gasteiger partial charge on any atom is -0.391 e. The maximum Gasteiger partial charge on any atom is 0.226 e. The smallest absolute Gasteiger partial charge is 0.226 e. The number of Topliss-reactive ketones (excluding diaryl/α,β-unsaturated/α-hetero) is 2. The zero-order valence-corrected chi connectivity index (χ0v) is 34.4. The molecule has 10 atom stereocenters. The van der Waals surface area contributed by atoms with Crippen molar-refractivity contribution in [2.45, 2.75) is 144 Å². The number of ether oxygens (including phenoxy) is 2. The number of aliphatic hydroxyl groups excluding tert-OH is 1. The molecule has 1 rings (SSSR count). The molecule has 1 unspecified atom stereocenters. The van der Waals surface area contributed by atoms with Gasteiger partial charge in [0.05, 0.1) is 48.8 Å². The highest BCUT2D eigenvalue weighted by Crippen LogP contribution is 2.31. The first-order chi connectivity index (χ1) is 23.7. The molecule has 0 aliphatic carbocycles. The molecule has 12 heteroatoms. The van der Waals surface area contributed by atoms with E-state index in [1.165, 1.54) is 14.0 Å². The highest BCUT2D eigenvalue weighted by atomic mass is 16.5. The molecule has 51 heavy (non-hydrogen) atoms. The Labute approximate surface area is 308 Å². The van der Waals surface area contributed by atoms with Crippen molar-refractivity contribution in [3.05, 3.63) is 0 Å². The van der Waals surface area contributed by atoms with Crippen molar-refractivity contribution in [1.82, 2.24) is 20.0 Å². The van der Waals surface area contributed by atoms with Crippen LogP contribution in [0.1, 0.15) is 101 Å². The standard InChI is InChI=1S/C39H72N4O8/c1-16-25(8)35(42(13)39(49)28(22(2)3)20-30(45)34(23(4)5)41(11)12)31(50-14)21-32(46)43-19-17-18-29(43)37(51-15)26(9)38(48)40-33(27(10)44)36(47)24(6)7/h22-29,31,33-35,37,44H,16-21H2,1-15H3,(H,40,48)/t25-,26+,27?,28-,29-,31+,33-,34-,35-,37+/m0/s1. The molecule has 0 radical (unpaired) electrons. The van der Waals surface area contributed by atoms with Gasteiger partial charge in [-0.25, -0.2) is 0 Å². The van der Waals surface area contributed by atoms with Gasteiger partial charge < -0.3 is 29.7 Å². The minimum absolute atomic E-state index is 0.00868. The van der Waals surface area contributed by atoms with Crippen molar-refractivity contribution in [1.29, 1.82) is 0 Å². The zero-order chi connectivity index (χ0) is 39.5. The van der Waals surface area contributed by atoms with Crippen LogP contribution in [0.5, 0.6) is 0 Å². The molecule has 1 aliphatic heterocycles. The summed E-state index contributed by atoms with van der Waals surface area (Å²) in [5, 5.41) is 13.0. The number of rotatable bonds is 22. The molecule has 0 saturated carbocycles. The summed E-state index contributed by atoms with van der Waals surface area (Å²) in [6.45, 7) is 19.2. The fourth-order valence-electron chi connectivity index (χ4n) is 7.84. The number of nitrogens with one attached hydrogen (secondary N) is 1. The summed E-state index contributed by atoms with van der Waals surface area (Å²) in [5.74, 6) is -2.55. The first-order valence-corrected chi connectivity index (χ1v) is 19.0. The van der Waals surface area contributed by atoms with Crippen LogP contribution in [0.4, 0.5) is 0 Å². The third-order valence-electron chi connectivity index (χ3n) is 11.0. The van der Waals surface area contributed by atoms with Gasteiger partial charge in [0.1, 0.15) is 6.04 Å². The van der Waals surface area contributed by atoms with Crippen LogP contribution in [0, 0.1) is 35.5 Å². The summed E-state index contributed by atoms with van der Waals surface area (Å²) in [6.07, 6.45) is -0.0846. The van der Waals surface area contributed by atoms with Crippen molar-refractivity contribution in [2.75, 3.05) is 41.9 Å². The van der Waals surface area contributed by atoms with E-state index >= 15 is 0 Å². The average molecular weight is 725 g/mol. The van der Waals surface area contributed by atoms with E-state index in [0.717, 1.165) is 12.8 Å². The monoisotopic (exact) mass is 725 g/mol. The number of ketones is 2. The molecule has 296 valence electrons. The molecular formula is C39H72N4O8. The summed E-state index contributed by atoms with van der Waals surface area (Å²) < 4.78 is 11.9. The van der Waals surface area contributed by atoms with Crippen LogP contribution in [0.3, 0.4) is 0 Å². The lowest BCUT2D eigenvalue weighted by atomic mass is 9.83. The highest BCUT2D eigenvalue weighted by molar-refractivity contribution is 5.92. The van der Waals surface area contributed by atoms with Crippen molar-refractivity contribution in [3.63, 3.8) is 0 Å². The second-order valence-corrected chi connectivity index (χ2v) is 16.0. The average Bonchev–Trinajstić information content (AvgIpc) is 3.53. The van der Waals surface area contributed by atoms with E-state index in [9.17, 15) is 29.1 Å². The first kappa shape index (κ1) is 46.6. The van der Waals surface area contributed by atoms with Crippen LogP contribution in [-0.2, 0) is 33.4 Å². The van der Waals surface area contributed by atoms with Crippen LogP contribution < -0.4 is 5.32 Å². The predicted molar refractivity (Wildman–Crippen MR) is 200 cm³/mol. The van der Waals surface area contributed by atoms with Crippen molar-refractivity contribution >= 4 is 29.3 Å². The minimum atomic E-state index is -1.07. The second kappa shape index (κ2) is 21.3. The van der Waals surface area contributed by atoms with E-state index < -0.39 is 54.2 Å². The molecule has 3 amide bonds. The number of amides is 3. The van der Waals surface area contributed by atoms with Gasteiger partial charge >= 0.3 is 0 Å². The van der Waals surface area contributed by atoms with Gasteiger partial charge in [-0.1, -0.05) is 68.7 Å². The van der Waals surface area contributed by atoms with Gasteiger partial charge in [0.15, 0.2) is 11.6 Å². The summed E-state index contributed by atoms with van der Waals surface area (Å²) >= 11 is 0. The normalized spacial score (nSPS) is 20.5. The molecule has 12 nitrogen and oxygen atoms in total. The maximum atomic E-state index is 14.2. The fourth-order valence-corrected chi connectivity index (χ4v) is 7.84. The summed E-state index contributed by atoms with van der Waals surface area (Å²) in [7, 11) is 8.60. The predicted octanol–water partition coefficient (Wildman–Crippen LogP) is 3.82. The van der Waals surface area contributed by atoms with Crippen LogP contribution in [-0.4, -0.2) is 133 Å². The summed E-state index contributed by atoms with van der Waals surface area (Å²) in [6, 6.07) is -2.16. The van der Waals surface area contributed by atoms with E-state index in [0.29, 0.717) is 13.0 Å². The number of carbonyl (C=O) groups is 5. The number of nitrogens with zero attached hydrogens (tertiary/aromatic N) is 3. The molecule has 1 saturated heterocycles. The van der Waals surface area contributed by atoms with E-state index in [1.54, 1.807) is 44.7 Å². The number of methoxy groups -OCH3 is 2. The van der Waals surface area contributed by atoms with Gasteiger partial charge in [0.25, 0.3) is 0 Å². The van der Waals surface area contributed by atoms with Crippen LogP contribution in [0.15, 0.2) is 0 Å². The van der Waals surface area contributed by atoms with Crippen molar-refractivity contribution in [3.8, 4) is 0 Å². The molecule has 1 fully saturated rings. The second-order valence-electron chi connectivity index (χ2n) is 16.0. The van der Waals surface area contributed by atoms with E-state index in [1.807, 2.05) is 60.5 Å². The molecule has 0 aromatic rings. The largest absolute Gasteiger partial charge is 0.391 e. The zero-order valence-electron chi connectivity index (χ0n) is 34.4. The molecule has 0 aromatic heterocycles. The van der Waals surface area contributed by atoms with Crippen LogP contribution >= 0.6 is 0 Å². The molecular weight excluding hydrogens is 652 g/mol. The Morgan fingerprint density at radius 1 is 0.882 bits per heavy atom. The number of likely N-dealkylation sites (N-methyl/N-ethyl adjacent to an activating group) is 2. The first-order valence-electron chi connectivity index (χ1n) is 19.0. The van der Waals surface area contributed by atoms with Gasteiger partial charge in [-0.2, -0.15) is 0 Å².